The van der Waals surface area contributed by atoms with Gasteiger partial charge in [0.25, 0.3) is 0 Å². The van der Waals surface area contributed by atoms with Gasteiger partial charge in [0.15, 0.2) is 5.17 Å². The molecule has 0 aliphatic rings. The SMILES string of the molecule is CCSC(N)=N[C@H](CCCCN)C(=O)O. The summed E-state index contributed by atoms with van der Waals surface area (Å²) in [7, 11) is 0. The normalized spacial score (nSPS) is 13.9. The van der Waals surface area contributed by atoms with E-state index in [1.54, 1.807) is 0 Å². The molecular weight excluding hydrogens is 214 g/mol. The van der Waals surface area contributed by atoms with Crippen LogP contribution in [0.4, 0.5) is 0 Å². The van der Waals surface area contributed by atoms with E-state index in [1.165, 1.54) is 11.8 Å². The van der Waals surface area contributed by atoms with Gasteiger partial charge in [-0.05, 0) is 31.6 Å². The van der Waals surface area contributed by atoms with Crippen LogP contribution in [0.5, 0.6) is 0 Å². The molecule has 0 aromatic rings. The first-order valence-corrected chi connectivity index (χ1v) is 5.99. The minimum absolute atomic E-state index is 0.345. The minimum atomic E-state index is -0.924. The predicted molar refractivity (Wildman–Crippen MR) is 64.1 cm³/mol. The van der Waals surface area contributed by atoms with Crippen LogP contribution in [0.2, 0.25) is 0 Å². The van der Waals surface area contributed by atoms with Gasteiger partial charge in [0.05, 0.1) is 0 Å². The molecule has 0 aromatic heterocycles. The third-order valence-corrected chi connectivity index (χ3v) is 2.48. The first-order chi connectivity index (χ1) is 7.11. The number of nitrogens with zero attached hydrogens (tertiary/aromatic N) is 1. The highest BCUT2D eigenvalue weighted by Crippen LogP contribution is 2.08. The monoisotopic (exact) mass is 233 g/mol. The number of carboxylic acid groups (broad SMARTS) is 1. The van der Waals surface area contributed by atoms with E-state index in [1.807, 2.05) is 6.92 Å². The van der Waals surface area contributed by atoms with Crippen LogP contribution in [0.25, 0.3) is 0 Å². The molecule has 0 rings (SSSR count). The Morgan fingerprint density at radius 2 is 2.20 bits per heavy atom. The summed E-state index contributed by atoms with van der Waals surface area (Å²) in [5, 5.41) is 9.23. The summed E-state index contributed by atoms with van der Waals surface area (Å²) >= 11 is 1.36. The Balaban J connectivity index is 4.14. The molecule has 15 heavy (non-hydrogen) atoms. The molecule has 0 saturated heterocycles. The average Bonchev–Trinajstić information content (AvgIpc) is 2.16. The summed E-state index contributed by atoms with van der Waals surface area (Å²) in [5.74, 6) is -0.128. The number of aliphatic carboxylic acids is 1. The highest BCUT2D eigenvalue weighted by atomic mass is 32.2. The van der Waals surface area contributed by atoms with Crippen LogP contribution in [0.15, 0.2) is 4.99 Å². The summed E-state index contributed by atoms with van der Waals surface area (Å²) in [6.07, 6.45) is 2.08. The number of unbranched alkanes of at least 4 members (excludes halogenated alkanes) is 1. The van der Waals surface area contributed by atoms with E-state index in [9.17, 15) is 4.79 Å². The molecule has 5 N–H and O–H groups in total. The third kappa shape index (κ3) is 7.21. The number of amidine groups is 1. The summed E-state index contributed by atoms with van der Waals surface area (Å²) in [6, 6.07) is -0.726. The van der Waals surface area contributed by atoms with E-state index >= 15 is 0 Å². The topological polar surface area (TPSA) is 102 Å². The van der Waals surface area contributed by atoms with Crippen molar-refractivity contribution in [1.29, 1.82) is 0 Å². The summed E-state index contributed by atoms with van der Waals surface area (Å²) < 4.78 is 0. The van der Waals surface area contributed by atoms with Crippen LogP contribution < -0.4 is 11.5 Å². The smallest absolute Gasteiger partial charge is 0.328 e. The first-order valence-electron chi connectivity index (χ1n) is 5.00. The number of nitrogens with two attached hydrogens (primary N) is 2. The van der Waals surface area contributed by atoms with Gasteiger partial charge in [0.2, 0.25) is 0 Å². The molecule has 0 heterocycles. The van der Waals surface area contributed by atoms with Crippen molar-refractivity contribution < 1.29 is 9.90 Å². The minimum Gasteiger partial charge on any atom is -0.480 e. The molecule has 0 fully saturated rings. The molecule has 0 aliphatic carbocycles. The van der Waals surface area contributed by atoms with E-state index in [0.717, 1.165) is 18.6 Å². The van der Waals surface area contributed by atoms with Gasteiger partial charge in [-0.2, -0.15) is 0 Å². The Kier molecular flexibility index (Phi) is 8.12. The van der Waals surface area contributed by atoms with Crippen molar-refractivity contribution in [1.82, 2.24) is 0 Å². The molecule has 0 aliphatic heterocycles. The van der Waals surface area contributed by atoms with Gasteiger partial charge in [-0.3, -0.25) is 0 Å². The van der Waals surface area contributed by atoms with Crippen molar-refractivity contribution in [3.05, 3.63) is 0 Å². The molecule has 88 valence electrons. The number of carbonyl (C=O) groups is 1. The second-order valence-corrected chi connectivity index (χ2v) is 4.32. The largest absolute Gasteiger partial charge is 0.480 e. The maximum atomic E-state index is 10.8. The van der Waals surface area contributed by atoms with Crippen molar-refractivity contribution in [2.24, 2.45) is 16.5 Å². The maximum Gasteiger partial charge on any atom is 0.328 e. The zero-order valence-electron chi connectivity index (χ0n) is 8.98. The van der Waals surface area contributed by atoms with Crippen LogP contribution in [0.1, 0.15) is 26.2 Å². The van der Waals surface area contributed by atoms with Crippen LogP contribution in [-0.4, -0.2) is 34.6 Å². The molecule has 0 aromatic carbocycles. The number of carboxylic acids is 1. The number of thioether (sulfide) groups is 1. The summed E-state index contributed by atoms with van der Waals surface area (Å²) in [6.45, 7) is 2.52. The van der Waals surface area contributed by atoms with E-state index in [4.69, 9.17) is 16.6 Å². The Bertz CT molecular complexity index is 221. The fourth-order valence-electron chi connectivity index (χ4n) is 1.06. The molecule has 0 spiro atoms. The molecule has 0 radical (unpaired) electrons. The van der Waals surface area contributed by atoms with Gasteiger partial charge in [0.1, 0.15) is 6.04 Å². The number of hydrogen-bond acceptors (Lipinski definition) is 4. The van der Waals surface area contributed by atoms with Crippen molar-refractivity contribution in [2.45, 2.75) is 32.2 Å². The quantitative estimate of drug-likeness (QED) is 0.340. The van der Waals surface area contributed by atoms with Gasteiger partial charge in [-0.15, -0.1) is 0 Å². The lowest BCUT2D eigenvalue weighted by Crippen LogP contribution is -2.22. The Labute approximate surface area is 94.3 Å². The van der Waals surface area contributed by atoms with Crippen LogP contribution in [-0.2, 0) is 4.79 Å². The van der Waals surface area contributed by atoms with E-state index < -0.39 is 12.0 Å². The lowest BCUT2D eigenvalue weighted by molar-refractivity contribution is -0.138. The standard InChI is InChI=1S/C9H19N3O2S/c1-2-15-9(11)12-7(8(13)14)5-3-4-6-10/h7H,2-6,10H2,1H3,(H2,11,12)(H,13,14)/t7-/m1/s1. The predicted octanol–water partition coefficient (Wildman–Crippen LogP) is 0.636. The second kappa shape index (κ2) is 8.55. The molecule has 0 saturated carbocycles. The lowest BCUT2D eigenvalue weighted by Gasteiger charge is -2.08. The number of aliphatic imine (C=N–C) groups is 1. The molecule has 1 atom stereocenters. The third-order valence-electron chi connectivity index (χ3n) is 1.79. The van der Waals surface area contributed by atoms with Gasteiger partial charge < -0.3 is 16.6 Å². The number of rotatable bonds is 7. The molecule has 6 heteroatoms. The van der Waals surface area contributed by atoms with Crippen LogP contribution in [0, 0.1) is 0 Å². The van der Waals surface area contributed by atoms with Crippen molar-refractivity contribution in [3.63, 3.8) is 0 Å². The van der Waals surface area contributed by atoms with Crippen LogP contribution in [0.3, 0.4) is 0 Å². The number of hydrogen-bond donors (Lipinski definition) is 3. The zero-order chi connectivity index (χ0) is 11.7. The van der Waals surface area contributed by atoms with Gasteiger partial charge in [0, 0.05) is 0 Å². The molecule has 0 amide bonds. The molecular formula is C9H19N3O2S. The van der Waals surface area contributed by atoms with Gasteiger partial charge in [-0.1, -0.05) is 18.7 Å². The maximum absolute atomic E-state index is 10.8. The molecule has 5 nitrogen and oxygen atoms in total. The molecule has 0 unspecified atom stereocenters. The van der Waals surface area contributed by atoms with Crippen molar-refractivity contribution in [3.8, 4) is 0 Å². The Morgan fingerprint density at radius 1 is 1.53 bits per heavy atom. The zero-order valence-corrected chi connectivity index (χ0v) is 9.80. The molecule has 0 bridgehead atoms. The average molecular weight is 233 g/mol. The Hall–Kier alpha value is -0.750. The fraction of sp³-hybridized carbons (Fsp3) is 0.778. The van der Waals surface area contributed by atoms with E-state index in [-0.39, 0.29) is 0 Å². The summed E-state index contributed by atoms with van der Waals surface area (Å²) in [4.78, 5) is 14.8. The van der Waals surface area contributed by atoms with Crippen molar-refractivity contribution >= 4 is 22.9 Å². The van der Waals surface area contributed by atoms with Gasteiger partial charge >= 0.3 is 5.97 Å². The fourth-order valence-corrected chi connectivity index (χ4v) is 1.56. The van der Waals surface area contributed by atoms with E-state index in [0.29, 0.717) is 18.1 Å². The lowest BCUT2D eigenvalue weighted by atomic mass is 10.1. The van der Waals surface area contributed by atoms with Crippen molar-refractivity contribution in [2.75, 3.05) is 12.3 Å². The van der Waals surface area contributed by atoms with E-state index in [2.05, 4.69) is 4.99 Å². The first kappa shape index (κ1) is 14.2. The van der Waals surface area contributed by atoms with Gasteiger partial charge in [-0.25, -0.2) is 9.79 Å². The Morgan fingerprint density at radius 3 is 2.67 bits per heavy atom. The highest BCUT2D eigenvalue weighted by Gasteiger charge is 2.15. The van der Waals surface area contributed by atoms with Crippen LogP contribution >= 0.6 is 11.8 Å². The second-order valence-electron chi connectivity index (χ2n) is 3.04. The summed E-state index contributed by atoms with van der Waals surface area (Å²) in [5.41, 5.74) is 10.9. The highest BCUT2D eigenvalue weighted by molar-refractivity contribution is 8.13.